The number of nitrogens with zero attached hydrogens (tertiary/aromatic N) is 2. The minimum atomic E-state index is 0.897. The third-order valence-corrected chi connectivity index (χ3v) is 2.07. The first-order chi connectivity index (χ1) is 7.40. The highest BCUT2D eigenvalue weighted by Gasteiger charge is 2.00. The molecule has 0 aliphatic carbocycles. The number of hydrogen-bond donors (Lipinski definition) is 1. The summed E-state index contributed by atoms with van der Waals surface area (Å²) in [4.78, 5) is 8.55. The van der Waals surface area contributed by atoms with Crippen LogP contribution in [0, 0.1) is 0 Å². The standard InChI is InChI=1S/C12H13N3/c1-2-13-10-6-8-15-12(9-10)11-5-3-4-7-14-11/h3-9H,2H2,1H3,(H,13,15). The fourth-order valence-electron chi connectivity index (χ4n) is 1.40. The number of rotatable bonds is 3. The summed E-state index contributed by atoms with van der Waals surface area (Å²) in [6, 6.07) is 9.78. The van der Waals surface area contributed by atoms with Crippen LogP contribution in [-0.2, 0) is 0 Å². The van der Waals surface area contributed by atoms with Gasteiger partial charge in [-0.25, -0.2) is 0 Å². The quantitative estimate of drug-likeness (QED) is 0.825. The van der Waals surface area contributed by atoms with E-state index >= 15 is 0 Å². The molecule has 0 radical (unpaired) electrons. The average Bonchev–Trinajstić information content (AvgIpc) is 2.31. The summed E-state index contributed by atoms with van der Waals surface area (Å²) >= 11 is 0. The Bertz CT molecular complexity index is 426. The van der Waals surface area contributed by atoms with Crippen molar-refractivity contribution in [2.45, 2.75) is 6.92 Å². The van der Waals surface area contributed by atoms with Crippen molar-refractivity contribution in [2.24, 2.45) is 0 Å². The molecule has 0 saturated carbocycles. The first-order valence-electron chi connectivity index (χ1n) is 5.01. The molecule has 76 valence electrons. The van der Waals surface area contributed by atoms with Gasteiger partial charge in [-0.1, -0.05) is 6.07 Å². The van der Waals surface area contributed by atoms with E-state index in [1.807, 2.05) is 30.3 Å². The van der Waals surface area contributed by atoms with Crippen LogP contribution in [0.1, 0.15) is 6.92 Å². The van der Waals surface area contributed by atoms with E-state index in [-0.39, 0.29) is 0 Å². The maximum Gasteiger partial charge on any atom is 0.0906 e. The van der Waals surface area contributed by atoms with Crippen molar-refractivity contribution < 1.29 is 0 Å². The molecular formula is C12H13N3. The normalized spacial score (nSPS) is 9.93. The van der Waals surface area contributed by atoms with Gasteiger partial charge in [-0.05, 0) is 31.2 Å². The largest absolute Gasteiger partial charge is 0.385 e. The van der Waals surface area contributed by atoms with Gasteiger partial charge in [0.05, 0.1) is 11.4 Å². The minimum absolute atomic E-state index is 0.897. The number of hydrogen-bond acceptors (Lipinski definition) is 3. The zero-order valence-corrected chi connectivity index (χ0v) is 8.64. The average molecular weight is 199 g/mol. The van der Waals surface area contributed by atoms with Gasteiger partial charge in [0.2, 0.25) is 0 Å². The molecule has 2 rings (SSSR count). The Balaban J connectivity index is 2.33. The number of pyridine rings is 2. The van der Waals surface area contributed by atoms with Gasteiger partial charge in [-0.2, -0.15) is 0 Å². The van der Waals surface area contributed by atoms with E-state index in [2.05, 4.69) is 22.2 Å². The zero-order chi connectivity index (χ0) is 10.5. The number of aromatic nitrogens is 2. The highest BCUT2D eigenvalue weighted by atomic mass is 14.9. The Morgan fingerprint density at radius 3 is 2.67 bits per heavy atom. The highest BCUT2D eigenvalue weighted by Crippen LogP contribution is 2.17. The minimum Gasteiger partial charge on any atom is -0.385 e. The molecule has 2 aromatic rings. The van der Waals surface area contributed by atoms with Crippen LogP contribution >= 0.6 is 0 Å². The monoisotopic (exact) mass is 199 g/mol. The van der Waals surface area contributed by atoms with E-state index < -0.39 is 0 Å². The summed E-state index contributed by atoms with van der Waals surface area (Å²) in [7, 11) is 0. The second-order valence-electron chi connectivity index (χ2n) is 3.18. The predicted octanol–water partition coefficient (Wildman–Crippen LogP) is 2.58. The Morgan fingerprint density at radius 2 is 1.93 bits per heavy atom. The highest BCUT2D eigenvalue weighted by molar-refractivity contribution is 5.60. The molecule has 2 heterocycles. The van der Waals surface area contributed by atoms with Crippen LogP contribution in [0.4, 0.5) is 5.69 Å². The lowest BCUT2D eigenvalue weighted by Gasteiger charge is -2.04. The molecule has 2 aromatic heterocycles. The SMILES string of the molecule is CCNc1ccnc(-c2ccccn2)c1. The van der Waals surface area contributed by atoms with Gasteiger partial charge in [0.25, 0.3) is 0 Å². The van der Waals surface area contributed by atoms with Gasteiger partial charge in [0.15, 0.2) is 0 Å². The topological polar surface area (TPSA) is 37.8 Å². The maximum atomic E-state index is 4.29. The predicted molar refractivity (Wildman–Crippen MR) is 61.6 cm³/mol. The van der Waals surface area contributed by atoms with Crippen LogP contribution in [0.3, 0.4) is 0 Å². The lowest BCUT2D eigenvalue weighted by atomic mass is 10.2. The molecule has 1 N–H and O–H groups in total. The van der Waals surface area contributed by atoms with Crippen molar-refractivity contribution in [1.82, 2.24) is 9.97 Å². The Morgan fingerprint density at radius 1 is 1.07 bits per heavy atom. The van der Waals surface area contributed by atoms with E-state index in [0.717, 1.165) is 23.6 Å². The van der Waals surface area contributed by atoms with Crippen molar-refractivity contribution in [3.05, 3.63) is 42.7 Å². The van der Waals surface area contributed by atoms with Crippen molar-refractivity contribution in [2.75, 3.05) is 11.9 Å². The summed E-state index contributed by atoms with van der Waals surface area (Å²) in [5.41, 5.74) is 2.87. The molecule has 0 fully saturated rings. The first kappa shape index (κ1) is 9.65. The molecule has 0 atom stereocenters. The van der Waals surface area contributed by atoms with Crippen LogP contribution in [0.25, 0.3) is 11.4 Å². The van der Waals surface area contributed by atoms with Gasteiger partial charge in [0, 0.05) is 24.6 Å². The van der Waals surface area contributed by atoms with Gasteiger partial charge in [-0.3, -0.25) is 9.97 Å². The summed E-state index contributed by atoms with van der Waals surface area (Å²) in [6.45, 7) is 2.98. The molecule has 15 heavy (non-hydrogen) atoms. The molecule has 0 bridgehead atoms. The van der Waals surface area contributed by atoms with Crippen LogP contribution in [0.5, 0.6) is 0 Å². The van der Waals surface area contributed by atoms with E-state index in [4.69, 9.17) is 0 Å². The zero-order valence-electron chi connectivity index (χ0n) is 8.64. The maximum absolute atomic E-state index is 4.29. The van der Waals surface area contributed by atoms with Crippen LogP contribution in [-0.4, -0.2) is 16.5 Å². The summed E-state index contributed by atoms with van der Waals surface area (Å²) in [5.74, 6) is 0. The molecule has 3 heteroatoms. The van der Waals surface area contributed by atoms with Crippen LogP contribution < -0.4 is 5.32 Å². The first-order valence-corrected chi connectivity index (χ1v) is 5.01. The molecule has 0 aromatic carbocycles. The summed E-state index contributed by atoms with van der Waals surface area (Å²) < 4.78 is 0. The molecule has 0 aliphatic heterocycles. The van der Waals surface area contributed by atoms with E-state index in [1.165, 1.54) is 0 Å². The van der Waals surface area contributed by atoms with E-state index in [1.54, 1.807) is 12.4 Å². The molecule has 0 spiro atoms. The number of anilines is 1. The van der Waals surface area contributed by atoms with Gasteiger partial charge in [-0.15, -0.1) is 0 Å². The van der Waals surface area contributed by atoms with Crippen LogP contribution in [0.15, 0.2) is 42.7 Å². The smallest absolute Gasteiger partial charge is 0.0906 e. The third-order valence-electron chi connectivity index (χ3n) is 2.07. The number of nitrogens with one attached hydrogen (secondary N) is 1. The van der Waals surface area contributed by atoms with Crippen molar-refractivity contribution >= 4 is 5.69 Å². The Kier molecular flexibility index (Phi) is 2.93. The Labute approximate surface area is 89.2 Å². The summed E-state index contributed by atoms with van der Waals surface area (Å²) in [5, 5.41) is 3.25. The third kappa shape index (κ3) is 2.31. The fourth-order valence-corrected chi connectivity index (χ4v) is 1.40. The van der Waals surface area contributed by atoms with E-state index in [9.17, 15) is 0 Å². The van der Waals surface area contributed by atoms with Crippen LogP contribution in [0.2, 0.25) is 0 Å². The molecule has 3 nitrogen and oxygen atoms in total. The van der Waals surface area contributed by atoms with Crippen molar-refractivity contribution in [1.29, 1.82) is 0 Å². The lowest BCUT2D eigenvalue weighted by molar-refractivity contribution is 1.19. The molecule has 0 aliphatic rings. The Hall–Kier alpha value is -1.90. The molecular weight excluding hydrogens is 186 g/mol. The van der Waals surface area contributed by atoms with Crippen molar-refractivity contribution in [3.8, 4) is 11.4 Å². The van der Waals surface area contributed by atoms with Gasteiger partial charge < -0.3 is 5.32 Å². The second kappa shape index (κ2) is 4.55. The molecule has 0 saturated heterocycles. The van der Waals surface area contributed by atoms with E-state index in [0.29, 0.717) is 0 Å². The molecule has 0 unspecified atom stereocenters. The fraction of sp³-hybridized carbons (Fsp3) is 0.167. The second-order valence-corrected chi connectivity index (χ2v) is 3.18. The molecule has 0 amide bonds. The van der Waals surface area contributed by atoms with Gasteiger partial charge in [0.1, 0.15) is 0 Å². The lowest BCUT2D eigenvalue weighted by Crippen LogP contribution is -1.97. The van der Waals surface area contributed by atoms with Crippen molar-refractivity contribution in [3.63, 3.8) is 0 Å². The summed E-state index contributed by atoms with van der Waals surface area (Å²) in [6.07, 6.45) is 3.57. The van der Waals surface area contributed by atoms with Gasteiger partial charge >= 0.3 is 0 Å².